The van der Waals surface area contributed by atoms with Crippen LogP contribution in [0.4, 0.5) is 0 Å². The standard InChI is InChI=1S/C15H25N3O2/c1-11(12-4-5-12)14(19)18-8-2-3-13(18)15(20)17-9-6-16-7-10-17/h11-13,16H,2-10H2,1H3. The second kappa shape index (κ2) is 5.72. The Hall–Kier alpha value is -1.10. The van der Waals surface area contributed by atoms with E-state index in [4.69, 9.17) is 0 Å². The number of rotatable bonds is 3. The van der Waals surface area contributed by atoms with Crippen molar-refractivity contribution >= 4 is 11.8 Å². The maximum absolute atomic E-state index is 12.6. The van der Waals surface area contributed by atoms with Crippen LogP contribution in [0, 0.1) is 11.8 Å². The van der Waals surface area contributed by atoms with Gasteiger partial charge in [-0.15, -0.1) is 0 Å². The largest absolute Gasteiger partial charge is 0.338 e. The Morgan fingerprint density at radius 1 is 1.10 bits per heavy atom. The summed E-state index contributed by atoms with van der Waals surface area (Å²) in [5, 5.41) is 3.26. The lowest BCUT2D eigenvalue weighted by molar-refractivity contribution is -0.146. The molecule has 5 nitrogen and oxygen atoms in total. The highest BCUT2D eigenvalue weighted by Crippen LogP contribution is 2.38. The van der Waals surface area contributed by atoms with E-state index in [2.05, 4.69) is 5.32 Å². The van der Waals surface area contributed by atoms with Crippen molar-refractivity contribution in [1.82, 2.24) is 15.1 Å². The third-order valence-corrected chi connectivity index (χ3v) is 4.97. The van der Waals surface area contributed by atoms with Gasteiger partial charge in [-0.2, -0.15) is 0 Å². The van der Waals surface area contributed by atoms with Crippen LogP contribution < -0.4 is 5.32 Å². The first-order valence-electron chi connectivity index (χ1n) is 7.98. The minimum absolute atomic E-state index is 0.103. The second-order valence-electron chi connectivity index (χ2n) is 6.39. The van der Waals surface area contributed by atoms with E-state index in [1.807, 2.05) is 16.7 Å². The summed E-state index contributed by atoms with van der Waals surface area (Å²) in [5.41, 5.74) is 0. The maximum atomic E-state index is 12.6. The predicted octanol–water partition coefficient (Wildman–Crippen LogP) is 0.455. The molecule has 20 heavy (non-hydrogen) atoms. The van der Waals surface area contributed by atoms with Crippen molar-refractivity contribution in [3.05, 3.63) is 0 Å². The molecule has 2 amide bonds. The van der Waals surface area contributed by atoms with Gasteiger partial charge in [0.05, 0.1) is 0 Å². The molecular formula is C15H25N3O2. The van der Waals surface area contributed by atoms with Crippen molar-refractivity contribution in [1.29, 1.82) is 0 Å². The van der Waals surface area contributed by atoms with Gasteiger partial charge in [-0.25, -0.2) is 0 Å². The molecule has 112 valence electrons. The molecule has 1 N–H and O–H groups in total. The van der Waals surface area contributed by atoms with Gasteiger partial charge in [-0.05, 0) is 31.6 Å². The number of likely N-dealkylation sites (tertiary alicyclic amines) is 1. The molecule has 0 radical (unpaired) electrons. The Morgan fingerprint density at radius 3 is 2.45 bits per heavy atom. The summed E-state index contributed by atoms with van der Waals surface area (Å²) in [6, 6.07) is -0.193. The maximum Gasteiger partial charge on any atom is 0.245 e. The van der Waals surface area contributed by atoms with Gasteiger partial charge in [-0.3, -0.25) is 9.59 Å². The molecule has 0 aromatic rings. The zero-order valence-electron chi connectivity index (χ0n) is 12.3. The normalized spacial score (nSPS) is 28.6. The van der Waals surface area contributed by atoms with Crippen LogP contribution in [0.15, 0.2) is 0 Å². The fourth-order valence-electron chi connectivity index (χ4n) is 3.44. The number of carbonyl (C=O) groups is 2. The molecule has 5 heteroatoms. The van der Waals surface area contributed by atoms with E-state index in [1.165, 1.54) is 12.8 Å². The Morgan fingerprint density at radius 2 is 1.80 bits per heavy atom. The van der Waals surface area contributed by atoms with E-state index in [0.717, 1.165) is 45.6 Å². The first kappa shape index (κ1) is 13.9. The van der Waals surface area contributed by atoms with Gasteiger partial charge >= 0.3 is 0 Å². The predicted molar refractivity (Wildman–Crippen MR) is 76.1 cm³/mol. The molecule has 2 heterocycles. The number of piperazine rings is 1. The summed E-state index contributed by atoms with van der Waals surface area (Å²) < 4.78 is 0. The smallest absolute Gasteiger partial charge is 0.245 e. The van der Waals surface area contributed by atoms with Gasteiger partial charge in [0.15, 0.2) is 0 Å². The van der Waals surface area contributed by atoms with Crippen LogP contribution in [0.2, 0.25) is 0 Å². The van der Waals surface area contributed by atoms with Crippen LogP contribution in [0.5, 0.6) is 0 Å². The molecule has 2 unspecified atom stereocenters. The summed E-state index contributed by atoms with van der Waals surface area (Å²) in [6.07, 6.45) is 4.16. The van der Waals surface area contributed by atoms with Gasteiger partial charge < -0.3 is 15.1 Å². The monoisotopic (exact) mass is 279 g/mol. The first-order chi connectivity index (χ1) is 9.68. The fourth-order valence-corrected chi connectivity index (χ4v) is 3.44. The summed E-state index contributed by atoms with van der Waals surface area (Å²) in [5.74, 6) is 1.04. The van der Waals surface area contributed by atoms with Crippen LogP contribution in [-0.4, -0.2) is 60.4 Å². The highest BCUT2D eigenvalue weighted by Gasteiger charge is 2.41. The van der Waals surface area contributed by atoms with Crippen LogP contribution in [0.25, 0.3) is 0 Å². The fraction of sp³-hybridized carbons (Fsp3) is 0.867. The van der Waals surface area contributed by atoms with E-state index >= 15 is 0 Å². The molecule has 2 atom stereocenters. The Balaban J connectivity index is 1.64. The SMILES string of the molecule is CC(C(=O)N1CCCC1C(=O)N1CCNCC1)C1CC1. The average Bonchev–Trinajstić information content (AvgIpc) is 3.23. The molecule has 3 aliphatic rings. The summed E-state index contributed by atoms with van der Waals surface area (Å²) in [7, 11) is 0. The number of nitrogens with one attached hydrogen (secondary N) is 1. The van der Waals surface area contributed by atoms with Crippen molar-refractivity contribution < 1.29 is 9.59 Å². The Bertz CT molecular complexity index is 389. The quantitative estimate of drug-likeness (QED) is 0.816. The minimum atomic E-state index is -0.193. The third-order valence-electron chi connectivity index (χ3n) is 4.97. The molecule has 3 fully saturated rings. The molecule has 1 saturated carbocycles. The zero-order valence-corrected chi connectivity index (χ0v) is 12.3. The number of amides is 2. The highest BCUT2D eigenvalue weighted by molar-refractivity contribution is 5.89. The van der Waals surface area contributed by atoms with Crippen molar-refractivity contribution in [3.63, 3.8) is 0 Å². The molecule has 2 aliphatic heterocycles. The summed E-state index contributed by atoms with van der Waals surface area (Å²) in [6.45, 7) is 6.07. The second-order valence-corrected chi connectivity index (χ2v) is 6.39. The summed E-state index contributed by atoms with van der Waals surface area (Å²) >= 11 is 0. The molecule has 0 spiro atoms. The molecule has 1 aliphatic carbocycles. The van der Waals surface area contributed by atoms with E-state index < -0.39 is 0 Å². The molecule has 0 aromatic carbocycles. The first-order valence-corrected chi connectivity index (χ1v) is 7.98. The number of nitrogens with zero attached hydrogens (tertiary/aromatic N) is 2. The van der Waals surface area contributed by atoms with E-state index in [0.29, 0.717) is 5.92 Å². The molecular weight excluding hydrogens is 254 g/mol. The average molecular weight is 279 g/mol. The molecule has 0 bridgehead atoms. The lowest BCUT2D eigenvalue weighted by atomic mass is 10.0. The van der Waals surface area contributed by atoms with Gasteiger partial charge in [-0.1, -0.05) is 6.92 Å². The Labute approximate surface area is 120 Å². The van der Waals surface area contributed by atoms with Crippen molar-refractivity contribution in [3.8, 4) is 0 Å². The number of hydrogen-bond donors (Lipinski definition) is 1. The molecule has 3 rings (SSSR count). The van der Waals surface area contributed by atoms with E-state index in [1.54, 1.807) is 0 Å². The topological polar surface area (TPSA) is 52.7 Å². The minimum Gasteiger partial charge on any atom is -0.338 e. The van der Waals surface area contributed by atoms with E-state index in [-0.39, 0.29) is 23.8 Å². The lowest BCUT2D eigenvalue weighted by Crippen LogP contribution is -2.54. The van der Waals surface area contributed by atoms with Crippen LogP contribution >= 0.6 is 0 Å². The third kappa shape index (κ3) is 2.68. The summed E-state index contributed by atoms with van der Waals surface area (Å²) in [4.78, 5) is 29.0. The van der Waals surface area contributed by atoms with Crippen molar-refractivity contribution in [2.24, 2.45) is 11.8 Å². The molecule has 0 aromatic heterocycles. The van der Waals surface area contributed by atoms with Gasteiger partial charge in [0.25, 0.3) is 0 Å². The zero-order chi connectivity index (χ0) is 14.1. The van der Waals surface area contributed by atoms with Gasteiger partial charge in [0.1, 0.15) is 6.04 Å². The van der Waals surface area contributed by atoms with Gasteiger partial charge in [0.2, 0.25) is 11.8 Å². The van der Waals surface area contributed by atoms with Gasteiger partial charge in [0, 0.05) is 38.6 Å². The Kier molecular flexibility index (Phi) is 3.96. The van der Waals surface area contributed by atoms with E-state index in [9.17, 15) is 9.59 Å². The van der Waals surface area contributed by atoms with Crippen LogP contribution in [0.1, 0.15) is 32.6 Å². The van der Waals surface area contributed by atoms with Crippen molar-refractivity contribution in [2.45, 2.75) is 38.6 Å². The van der Waals surface area contributed by atoms with Crippen molar-refractivity contribution in [2.75, 3.05) is 32.7 Å². The van der Waals surface area contributed by atoms with Crippen LogP contribution in [-0.2, 0) is 9.59 Å². The highest BCUT2D eigenvalue weighted by atomic mass is 16.2. The molecule has 2 saturated heterocycles. The number of hydrogen-bond acceptors (Lipinski definition) is 3. The number of carbonyl (C=O) groups excluding carboxylic acids is 2. The van der Waals surface area contributed by atoms with Crippen LogP contribution in [0.3, 0.4) is 0 Å². The lowest BCUT2D eigenvalue weighted by Gasteiger charge is -2.33.